The van der Waals surface area contributed by atoms with Gasteiger partial charge in [0.1, 0.15) is 5.82 Å². The van der Waals surface area contributed by atoms with E-state index in [2.05, 4.69) is 0 Å². The van der Waals surface area contributed by atoms with Gasteiger partial charge in [0.2, 0.25) is 5.91 Å². The molecule has 0 N–H and O–H groups in total. The maximum atomic E-state index is 13.6. The van der Waals surface area contributed by atoms with Crippen LogP contribution in [0.2, 0.25) is 0 Å². The van der Waals surface area contributed by atoms with Gasteiger partial charge in [0.25, 0.3) is 5.91 Å². The van der Waals surface area contributed by atoms with Crippen LogP contribution in [0.5, 0.6) is 0 Å². The lowest BCUT2D eigenvalue weighted by atomic mass is 10.1. The first-order chi connectivity index (χ1) is 9.99. The van der Waals surface area contributed by atoms with Crippen molar-refractivity contribution in [2.24, 2.45) is 5.92 Å². The van der Waals surface area contributed by atoms with Gasteiger partial charge in [0.15, 0.2) is 0 Å². The third-order valence-electron chi connectivity index (χ3n) is 3.61. The molecule has 1 aromatic rings. The number of rotatable bonds is 3. The highest BCUT2D eigenvalue weighted by atomic mass is 19.1. The van der Waals surface area contributed by atoms with Crippen LogP contribution in [0.25, 0.3) is 0 Å². The molecule has 114 valence electrons. The molecule has 0 unspecified atom stereocenters. The summed E-state index contributed by atoms with van der Waals surface area (Å²) >= 11 is 0. The van der Waals surface area contributed by atoms with Gasteiger partial charge in [0.05, 0.1) is 5.56 Å². The van der Waals surface area contributed by atoms with Crippen LogP contribution in [0.3, 0.4) is 0 Å². The fourth-order valence-corrected chi connectivity index (χ4v) is 2.44. The summed E-state index contributed by atoms with van der Waals surface area (Å²) in [5.41, 5.74) is 0.0967. The highest BCUT2D eigenvalue weighted by Gasteiger charge is 2.26. The molecule has 1 aliphatic rings. The number of piperazine rings is 1. The van der Waals surface area contributed by atoms with E-state index in [0.29, 0.717) is 38.5 Å². The van der Waals surface area contributed by atoms with Crippen molar-refractivity contribution in [1.82, 2.24) is 9.80 Å². The van der Waals surface area contributed by atoms with Crippen LogP contribution in [0.4, 0.5) is 4.39 Å². The highest BCUT2D eigenvalue weighted by Crippen LogP contribution is 2.13. The van der Waals surface area contributed by atoms with Crippen LogP contribution in [0.15, 0.2) is 24.3 Å². The second kappa shape index (κ2) is 6.70. The number of amides is 2. The van der Waals surface area contributed by atoms with Crippen LogP contribution < -0.4 is 0 Å². The Kier molecular flexibility index (Phi) is 4.94. The topological polar surface area (TPSA) is 40.6 Å². The smallest absolute Gasteiger partial charge is 0.256 e. The fourth-order valence-electron chi connectivity index (χ4n) is 2.44. The van der Waals surface area contributed by atoms with Gasteiger partial charge in [-0.05, 0) is 18.1 Å². The van der Waals surface area contributed by atoms with Gasteiger partial charge in [-0.25, -0.2) is 4.39 Å². The number of benzene rings is 1. The molecule has 2 amide bonds. The van der Waals surface area contributed by atoms with Crippen molar-refractivity contribution >= 4 is 11.8 Å². The fraction of sp³-hybridized carbons (Fsp3) is 0.500. The second-order valence-corrected chi connectivity index (χ2v) is 5.75. The van der Waals surface area contributed by atoms with E-state index in [-0.39, 0.29) is 17.4 Å². The van der Waals surface area contributed by atoms with Crippen molar-refractivity contribution in [3.05, 3.63) is 35.6 Å². The summed E-state index contributed by atoms with van der Waals surface area (Å²) in [6.07, 6.45) is 0.529. The molecule has 4 nitrogen and oxygen atoms in total. The molecule has 21 heavy (non-hydrogen) atoms. The average Bonchev–Trinajstić information content (AvgIpc) is 2.46. The van der Waals surface area contributed by atoms with Crippen molar-refractivity contribution < 1.29 is 14.0 Å². The van der Waals surface area contributed by atoms with E-state index in [1.165, 1.54) is 12.1 Å². The maximum absolute atomic E-state index is 13.6. The van der Waals surface area contributed by atoms with Crippen molar-refractivity contribution in [3.63, 3.8) is 0 Å². The van der Waals surface area contributed by atoms with Crippen LogP contribution >= 0.6 is 0 Å². The van der Waals surface area contributed by atoms with Crippen molar-refractivity contribution in [3.8, 4) is 0 Å². The van der Waals surface area contributed by atoms with Gasteiger partial charge in [-0.2, -0.15) is 0 Å². The van der Waals surface area contributed by atoms with Gasteiger partial charge in [-0.1, -0.05) is 26.0 Å². The SMILES string of the molecule is CC(C)CC(=O)N1CCN(C(=O)c2ccccc2F)CC1. The van der Waals surface area contributed by atoms with Gasteiger partial charge in [-0.15, -0.1) is 0 Å². The quantitative estimate of drug-likeness (QED) is 0.856. The summed E-state index contributed by atoms with van der Waals surface area (Å²) < 4.78 is 13.6. The molecular weight excluding hydrogens is 271 g/mol. The zero-order valence-corrected chi connectivity index (χ0v) is 12.5. The van der Waals surface area contributed by atoms with Crippen LogP contribution in [-0.2, 0) is 4.79 Å². The summed E-state index contributed by atoms with van der Waals surface area (Å²) in [5, 5.41) is 0. The van der Waals surface area contributed by atoms with Crippen LogP contribution in [0, 0.1) is 11.7 Å². The molecule has 2 rings (SSSR count). The largest absolute Gasteiger partial charge is 0.339 e. The Morgan fingerprint density at radius 2 is 1.67 bits per heavy atom. The third kappa shape index (κ3) is 3.80. The van der Waals surface area contributed by atoms with Gasteiger partial charge in [0, 0.05) is 32.6 Å². The molecule has 0 spiro atoms. The Bertz CT molecular complexity index is 523. The summed E-state index contributed by atoms with van der Waals surface area (Å²) in [6, 6.07) is 6.00. The molecule has 1 aromatic carbocycles. The van der Waals surface area contributed by atoms with Gasteiger partial charge in [-0.3, -0.25) is 9.59 Å². The highest BCUT2D eigenvalue weighted by molar-refractivity contribution is 5.94. The van der Waals surface area contributed by atoms with Crippen LogP contribution in [0.1, 0.15) is 30.6 Å². The minimum absolute atomic E-state index is 0.0967. The van der Waals surface area contributed by atoms with Crippen molar-refractivity contribution in [2.75, 3.05) is 26.2 Å². The molecule has 0 saturated carbocycles. The zero-order chi connectivity index (χ0) is 15.4. The number of halogens is 1. The predicted molar refractivity (Wildman–Crippen MR) is 78.3 cm³/mol. The van der Waals surface area contributed by atoms with Gasteiger partial charge < -0.3 is 9.80 Å². The van der Waals surface area contributed by atoms with E-state index in [9.17, 15) is 14.0 Å². The lowest BCUT2D eigenvalue weighted by Crippen LogP contribution is -2.50. The second-order valence-electron chi connectivity index (χ2n) is 5.75. The monoisotopic (exact) mass is 292 g/mol. The van der Waals surface area contributed by atoms with E-state index in [4.69, 9.17) is 0 Å². The standard InChI is InChI=1S/C16H21FN2O2/c1-12(2)11-15(20)18-7-9-19(10-8-18)16(21)13-5-3-4-6-14(13)17/h3-6,12H,7-11H2,1-2H3. The normalized spacial score (nSPS) is 15.4. The first-order valence-corrected chi connectivity index (χ1v) is 7.30. The van der Waals surface area contributed by atoms with Crippen LogP contribution in [-0.4, -0.2) is 47.8 Å². The minimum Gasteiger partial charge on any atom is -0.339 e. The van der Waals surface area contributed by atoms with E-state index in [1.54, 1.807) is 21.9 Å². The Morgan fingerprint density at radius 3 is 2.24 bits per heavy atom. The lowest BCUT2D eigenvalue weighted by Gasteiger charge is -2.35. The third-order valence-corrected chi connectivity index (χ3v) is 3.61. The van der Waals surface area contributed by atoms with E-state index in [1.807, 2.05) is 13.8 Å². The molecule has 1 heterocycles. The minimum atomic E-state index is -0.499. The number of carbonyl (C=O) groups excluding carboxylic acids is 2. The Labute approximate surface area is 124 Å². The molecule has 5 heteroatoms. The first kappa shape index (κ1) is 15.5. The molecule has 0 aliphatic carbocycles. The predicted octanol–water partition coefficient (Wildman–Crippen LogP) is 2.16. The number of hydrogen-bond donors (Lipinski definition) is 0. The van der Waals surface area contributed by atoms with Gasteiger partial charge >= 0.3 is 0 Å². The molecule has 0 aromatic heterocycles. The maximum Gasteiger partial charge on any atom is 0.256 e. The van der Waals surface area contributed by atoms with Crippen molar-refractivity contribution in [2.45, 2.75) is 20.3 Å². The van der Waals surface area contributed by atoms with Crippen molar-refractivity contribution in [1.29, 1.82) is 0 Å². The number of carbonyl (C=O) groups is 2. The Hall–Kier alpha value is -1.91. The molecular formula is C16H21FN2O2. The summed E-state index contributed by atoms with van der Waals surface area (Å²) in [5.74, 6) is -0.344. The lowest BCUT2D eigenvalue weighted by molar-refractivity contribution is -0.133. The summed E-state index contributed by atoms with van der Waals surface area (Å²) in [6.45, 7) is 5.97. The molecule has 1 fully saturated rings. The number of nitrogens with zero attached hydrogens (tertiary/aromatic N) is 2. The Balaban J connectivity index is 1.94. The summed E-state index contributed by atoms with van der Waals surface area (Å²) in [7, 11) is 0. The zero-order valence-electron chi connectivity index (χ0n) is 12.5. The molecule has 0 atom stereocenters. The molecule has 0 radical (unpaired) electrons. The average molecular weight is 292 g/mol. The van der Waals surface area contributed by atoms with E-state index < -0.39 is 5.82 Å². The first-order valence-electron chi connectivity index (χ1n) is 7.30. The van der Waals surface area contributed by atoms with E-state index in [0.717, 1.165) is 0 Å². The number of hydrogen-bond acceptors (Lipinski definition) is 2. The Morgan fingerprint density at radius 1 is 1.10 bits per heavy atom. The summed E-state index contributed by atoms with van der Waals surface area (Å²) in [4.78, 5) is 27.6. The molecule has 1 aliphatic heterocycles. The molecule has 1 saturated heterocycles. The molecule has 0 bridgehead atoms. The van der Waals surface area contributed by atoms with E-state index >= 15 is 0 Å².